The Labute approximate surface area is 249 Å². The third kappa shape index (κ3) is 39.5. The lowest BCUT2D eigenvalue weighted by Crippen LogP contribution is -2.19. The molecule has 0 radical (unpaired) electrons. The van der Waals surface area contributed by atoms with Gasteiger partial charge in [-0.3, -0.25) is 0 Å². The first kappa shape index (κ1) is 40.5. The Kier molecular flexibility index (Phi) is 37.1. The van der Waals surface area contributed by atoms with Gasteiger partial charge in [0.1, 0.15) is 0 Å². The lowest BCUT2D eigenvalue weighted by Gasteiger charge is -2.10. The van der Waals surface area contributed by atoms with Crippen LogP contribution in [0.15, 0.2) is 0 Å². The van der Waals surface area contributed by atoms with Gasteiger partial charge in [0.2, 0.25) is 0 Å². The molecule has 0 fully saturated rings. The van der Waals surface area contributed by atoms with Crippen LogP contribution < -0.4 is 0 Å². The molecule has 0 spiro atoms. The second-order valence-corrected chi connectivity index (χ2v) is 9.25. The molecule has 0 unspecified atom stereocenters. The molecule has 12 nitrogen and oxygen atoms in total. The summed E-state index contributed by atoms with van der Waals surface area (Å²) >= 11 is 0. The van der Waals surface area contributed by atoms with Crippen LogP contribution in [0.25, 0.3) is 0 Å². The quantitative estimate of drug-likeness (QED) is 0.0975. The van der Waals surface area contributed by atoms with Crippen molar-refractivity contribution in [1.82, 2.24) is 4.90 Å². The lowest BCUT2D eigenvalue weighted by molar-refractivity contribution is -0.0276. The summed E-state index contributed by atoms with van der Waals surface area (Å²) in [5.74, 6) is 0. The van der Waals surface area contributed by atoms with Gasteiger partial charge in [-0.15, -0.1) is 0 Å². The molecule has 0 aliphatic heterocycles. The summed E-state index contributed by atoms with van der Waals surface area (Å²) in [4.78, 5) is 2.08. The van der Waals surface area contributed by atoms with Crippen LogP contribution in [0, 0.1) is 0 Å². The van der Waals surface area contributed by atoms with E-state index in [1.54, 1.807) is 0 Å². The van der Waals surface area contributed by atoms with Crippen molar-refractivity contribution in [3.63, 3.8) is 0 Å². The predicted molar refractivity (Wildman–Crippen MR) is 157 cm³/mol. The van der Waals surface area contributed by atoms with Crippen LogP contribution in [0.1, 0.15) is 26.2 Å². The molecular weight excluding hydrogens is 538 g/mol. The van der Waals surface area contributed by atoms with E-state index in [9.17, 15) is 0 Å². The first-order valence-corrected chi connectivity index (χ1v) is 15.3. The van der Waals surface area contributed by atoms with Crippen molar-refractivity contribution in [3.8, 4) is 0 Å². The molecule has 0 amide bonds. The average molecular weight is 600 g/mol. The highest BCUT2D eigenvalue weighted by atomic mass is 16.6. The molecule has 0 bridgehead atoms. The van der Waals surface area contributed by atoms with E-state index < -0.39 is 0 Å². The molecule has 0 aliphatic carbocycles. The van der Waals surface area contributed by atoms with Gasteiger partial charge < -0.3 is 57.0 Å². The molecule has 0 aromatic rings. The van der Waals surface area contributed by atoms with Crippen LogP contribution in [-0.2, 0) is 52.1 Å². The summed E-state index contributed by atoms with van der Waals surface area (Å²) in [6.45, 7) is 15.7. The number of ether oxygens (including phenoxy) is 11. The van der Waals surface area contributed by atoms with E-state index in [-0.39, 0.29) is 0 Å². The van der Waals surface area contributed by atoms with E-state index in [4.69, 9.17) is 52.1 Å². The second kappa shape index (κ2) is 37.5. The van der Waals surface area contributed by atoms with Crippen molar-refractivity contribution in [2.45, 2.75) is 26.2 Å². The molecule has 0 N–H and O–H groups in total. The first-order valence-electron chi connectivity index (χ1n) is 15.3. The highest BCUT2D eigenvalue weighted by Gasteiger charge is 1.96. The molecule has 0 aromatic heterocycles. The van der Waals surface area contributed by atoms with Crippen LogP contribution >= 0.6 is 0 Å². The molecule has 0 heterocycles. The van der Waals surface area contributed by atoms with Gasteiger partial charge in [-0.1, -0.05) is 19.8 Å². The van der Waals surface area contributed by atoms with E-state index in [0.717, 1.165) is 26.2 Å². The Morgan fingerprint density at radius 1 is 0.293 bits per heavy atom. The summed E-state index contributed by atoms with van der Waals surface area (Å²) in [6, 6.07) is 0. The molecule has 0 rings (SSSR count). The largest absolute Gasteiger partial charge is 0.379 e. The molecule has 248 valence electrons. The number of unbranched alkanes of at least 4 members (excludes halogenated alkanes) is 2. The van der Waals surface area contributed by atoms with Crippen molar-refractivity contribution in [1.29, 1.82) is 0 Å². The smallest absolute Gasteiger partial charge is 0.0701 e. The van der Waals surface area contributed by atoms with Gasteiger partial charge in [0.05, 0.1) is 139 Å². The maximum absolute atomic E-state index is 5.48. The molecule has 0 saturated heterocycles. The van der Waals surface area contributed by atoms with Gasteiger partial charge in [-0.05, 0) is 20.5 Å². The third-order valence-corrected chi connectivity index (χ3v) is 5.30. The van der Waals surface area contributed by atoms with E-state index in [0.29, 0.717) is 132 Å². The standard InChI is InChI=1S/C29H61NO11/c1-4-5-6-8-31-10-12-33-14-16-35-18-20-37-22-24-39-26-28-41-29-27-40-25-23-38-21-19-36-17-15-34-13-11-32-9-7-30(2)3/h4-29H2,1-3H3. The van der Waals surface area contributed by atoms with Crippen molar-refractivity contribution in [3.05, 3.63) is 0 Å². The summed E-state index contributed by atoms with van der Waals surface area (Å²) in [5, 5.41) is 0. The van der Waals surface area contributed by atoms with Crippen molar-refractivity contribution < 1.29 is 52.1 Å². The van der Waals surface area contributed by atoms with Gasteiger partial charge in [0.25, 0.3) is 0 Å². The topological polar surface area (TPSA) is 105 Å². The van der Waals surface area contributed by atoms with Gasteiger partial charge in [-0.25, -0.2) is 0 Å². The number of likely N-dealkylation sites (N-methyl/N-ethyl adjacent to an activating group) is 1. The molecular formula is C29H61NO11. The Morgan fingerprint density at radius 2 is 0.512 bits per heavy atom. The van der Waals surface area contributed by atoms with Gasteiger partial charge in [-0.2, -0.15) is 0 Å². The van der Waals surface area contributed by atoms with Gasteiger partial charge in [0.15, 0.2) is 0 Å². The van der Waals surface area contributed by atoms with E-state index in [2.05, 4.69) is 11.8 Å². The Balaban J connectivity index is 3.03. The van der Waals surface area contributed by atoms with Crippen molar-refractivity contribution >= 4 is 0 Å². The van der Waals surface area contributed by atoms with Crippen LogP contribution in [0.4, 0.5) is 0 Å². The molecule has 0 saturated carbocycles. The number of hydrogen-bond acceptors (Lipinski definition) is 12. The van der Waals surface area contributed by atoms with Crippen LogP contribution in [-0.4, -0.2) is 171 Å². The molecule has 0 aromatic carbocycles. The van der Waals surface area contributed by atoms with E-state index >= 15 is 0 Å². The molecule has 0 aliphatic rings. The van der Waals surface area contributed by atoms with Crippen molar-refractivity contribution in [2.24, 2.45) is 0 Å². The zero-order chi connectivity index (χ0) is 29.7. The molecule has 41 heavy (non-hydrogen) atoms. The monoisotopic (exact) mass is 599 g/mol. The number of nitrogens with zero attached hydrogens (tertiary/aromatic N) is 1. The van der Waals surface area contributed by atoms with E-state index in [1.165, 1.54) is 12.8 Å². The molecule has 12 heteroatoms. The summed E-state index contributed by atoms with van der Waals surface area (Å²) in [6.07, 6.45) is 3.55. The Morgan fingerprint density at radius 3 is 0.732 bits per heavy atom. The Hall–Kier alpha value is -0.480. The third-order valence-electron chi connectivity index (χ3n) is 5.30. The normalized spacial score (nSPS) is 11.7. The highest BCUT2D eigenvalue weighted by molar-refractivity contribution is 4.41. The second-order valence-electron chi connectivity index (χ2n) is 9.25. The fourth-order valence-corrected chi connectivity index (χ4v) is 3.00. The van der Waals surface area contributed by atoms with Crippen LogP contribution in [0.2, 0.25) is 0 Å². The summed E-state index contributed by atoms with van der Waals surface area (Å²) in [5.41, 5.74) is 0. The summed E-state index contributed by atoms with van der Waals surface area (Å²) < 4.78 is 60.1. The number of hydrogen-bond donors (Lipinski definition) is 0. The lowest BCUT2D eigenvalue weighted by atomic mass is 10.3. The highest BCUT2D eigenvalue weighted by Crippen LogP contribution is 1.94. The van der Waals surface area contributed by atoms with Crippen LogP contribution in [0.3, 0.4) is 0 Å². The summed E-state index contributed by atoms with van der Waals surface area (Å²) in [7, 11) is 4.04. The van der Waals surface area contributed by atoms with Crippen LogP contribution in [0.5, 0.6) is 0 Å². The van der Waals surface area contributed by atoms with Gasteiger partial charge >= 0.3 is 0 Å². The van der Waals surface area contributed by atoms with E-state index in [1.807, 2.05) is 14.1 Å². The number of rotatable bonds is 37. The fraction of sp³-hybridized carbons (Fsp3) is 1.00. The maximum Gasteiger partial charge on any atom is 0.0701 e. The maximum atomic E-state index is 5.48. The Bertz CT molecular complexity index is 464. The minimum absolute atomic E-state index is 0.525. The predicted octanol–water partition coefficient (Wildman–Crippen LogP) is 1.92. The first-order chi connectivity index (χ1) is 20.3. The SMILES string of the molecule is CCCCCOCCOCCOCCOCCOCCOCCOCCOCCOCCOCCOCCN(C)C. The fourth-order valence-electron chi connectivity index (χ4n) is 3.00. The zero-order valence-corrected chi connectivity index (χ0v) is 26.3. The van der Waals surface area contributed by atoms with Gasteiger partial charge in [0, 0.05) is 13.2 Å². The minimum atomic E-state index is 0.525. The minimum Gasteiger partial charge on any atom is -0.379 e. The molecule has 0 atom stereocenters. The zero-order valence-electron chi connectivity index (χ0n) is 26.3. The van der Waals surface area contributed by atoms with Crippen molar-refractivity contribution in [2.75, 3.05) is 166 Å². The average Bonchev–Trinajstić information content (AvgIpc) is 2.97.